The maximum atomic E-state index is 12.3. The van der Waals surface area contributed by atoms with E-state index in [1.165, 1.54) is 6.92 Å². The van der Waals surface area contributed by atoms with Gasteiger partial charge in [0, 0.05) is 26.6 Å². The number of carbonyl (C=O) groups is 2. The first-order valence-electron chi connectivity index (χ1n) is 9.02. The molecule has 1 N–H and O–H groups in total. The SMILES string of the molecule is CC(=O)N1CCC[C@@H]1C(=O)NCc1ccc(OC[C@H]2CCCO2)cc1. The predicted octanol–water partition coefficient (Wildman–Crippen LogP) is 1.87. The Morgan fingerprint density at radius 3 is 2.72 bits per heavy atom. The van der Waals surface area contributed by atoms with E-state index in [1.54, 1.807) is 4.90 Å². The van der Waals surface area contributed by atoms with E-state index in [-0.39, 0.29) is 24.0 Å². The van der Waals surface area contributed by atoms with Crippen molar-refractivity contribution >= 4 is 11.8 Å². The minimum absolute atomic E-state index is 0.0367. The second-order valence-corrected chi connectivity index (χ2v) is 6.68. The summed E-state index contributed by atoms with van der Waals surface area (Å²) in [4.78, 5) is 25.5. The highest BCUT2D eigenvalue weighted by molar-refractivity contribution is 5.87. The van der Waals surface area contributed by atoms with Crippen molar-refractivity contribution in [1.29, 1.82) is 0 Å². The van der Waals surface area contributed by atoms with Gasteiger partial charge in [0.25, 0.3) is 0 Å². The van der Waals surface area contributed by atoms with Gasteiger partial charge in [0.15, 0.2) is 0 Å². The number of rotatable bonds is 6. The van der Waals surface area contributed by atoms with Gasteiger partial charge in [0.2, 0.25) is 11.8 Å². The van der Waals surface area contributed by atoms with E-state index in [2.05, 4.69) is 5.32 Å². The van der Waals surface area contributed by atoms with Crippen LogP contribution in [0.15, 0.2) is 24.3 Å². The van der Waals surface area contributed by atoms with E-state index in [9.17, 15) is 9.59 Å². The number of ether oxygens (including phenoxy) is 2. The predicted molar refractivity (Wildman–Crippen MR) is 93.2 cm³/mol. The van der Waals surface area contributed by atoms with Crippen LogP contribution < -0.4 is 10.1 Å². The Labute approximate surface area is 148 Å². The second-order valence-electron chi connectivity index (χ2n) is 6.68. The number of nitrogens with zero attached hydrogens (tertiary/aromatic N) is 1. The largest absolute Gasteiger partial charge is 0.491 e. The number of carbonyl (C=O) groups excluding carboxylic acids is 2. The van der Waals surface area contributed by atoms with Crippen LogP contribution in [0.2, 0.25) is 0 Å². The summed E-state index contributed by atoms with van der Waals surface area (Å²) in [6.45, 7) is 4.05. The first kappa shape index (κ1) is 17.7. The summed E-state index contributed by atoms with van der Waals surface area (Å²) in [6, 6.07) is 7.39. The Balaban J connectivity index is 1.45. The van der Waals surface area contributed by atoms with Crippen molar-refractivity contribution < 1.29 is 19.1 Å². The Morgan fingerprint density at radius 2 is 2.04 bits per heavy atom. The highest BCUT2D eigenvalue weighted by atomic mass is 16.5. The highest BCUT2D eigenvalue weighted by Gasteiger charge is 2.31. The summed E-state index contributed by atoms with van der Waals surface area (Å²) >= 11 is 0. The van der Waals surface area contributed by atoms with E-state index < -0.39 is 0 Å². The fourth-order valence-electron chi connectivity index (χ4n) is 3.39. The van der Waals surface area contributed by atoms with Crippen molar-refractivity contribution in [3.05, 3.63) is 29.8 Å². The molecule has 0 unspecified atom stereocenters. The Hall–Kier alpha value is -2.08. The molecule has 2 aliphatic heterocycles. The van der Waals surface area contributed by atoms with E-state index in [0.717, 1.165) is 43.6 Å². The molecule has 0 spiro atoms. The molecule has 3 rings (SSSR count). The molecule has 0 bridgehead atoms. The van der Waals surface area contributed by atoms with Gasteiger partial charge in [-0.25, -0.2) is 0 Å². The molecule has 0 aliphatic carbocycles. The lowest BCUT2D eigenvalue weighted by molar-refractivity contribution is -0.136. The molecule has 1 aromatic rings. The molecule has 6 nitrogen and oxygen atoms in total. The zero-order valence-corrected chi connectivity index (χ0v) is 14.7. The van der Waals surface area contributed by atoms with Crippen molar-refractivity contribution in [2.45, 2.75) is 51.3 Å². The molecule has 0 radical (unpaired) electrons. The smallest absolute Gasteiger partial charge is 0.243 e. The van der Waals surface area contributed by atoms with Gasteiger partial charge >= 0.3 is 0 Å². The van der Waals surface area contributed by atoms with Crippen LogP contribution in [-0.2, 0) is 20.9 Å². The van der Waals surface area contributed by atoms with Gasteiger partial charge in [0.05, 0.1) is 6.10 Å². The van der Waals surface area contributed by atoms with Crippen molar-refractivity contribution in [2.75, 3.05) is 19.8 Å². The number of hydrogen-bond donors (Lipinski definition) is 1. The van der Waals surface area contributed by atoms with Crippen LogP contribution in [0.5, 0.6) is 5.75 Å². The summed E-state index contributed by atoms with van der Waals surface area (Å²) in [5.74, 6) is 0.695. The summed E-state index contributed by atoms with van der Waals surface area (Å²) in [5.41, 5.74) is 1.00. The third kappa shape index (κ3) is 4.72. The number of likely N-dealkylation sites (tertiary alicyclic amines) is 1. The molecular formula is C19H26N2O4. The maximum Gasteiger partial charge on any atom is 0.243 e. The summed E-state index contributed by atoms with van der Waals surface area (Å²) in [6.07, 6.45) is 3.99. The van der Waals surface area contributed by atoms with Crippen molar-refractivity contribution in [1.82, 2.24) is 10.2 Å². The van der Waals surface area contributed by atoms with Gasteiger partial charge in [-0.15, -0.1) is 0 Å². The van der Waals surface area contributed by atoms with Crippen LogP contribution in [0.1, 0.15) is 38.2 Å². The third-order valence-electron chi connectivity index (χ3n) is 4.81. The first-order valence-corrected chi connectivity index (χ1v) is 9.02. The molecule has 136 valence electrons. The molecule has 2 atom stereocenters. The lowest BCUT2D eigenvalue weighted by Gasteiger charge is -2.22. The fourth-order valence-corrected chi connectivity index (χ4v) is 3.39. The quantitative estimate of drug-likeness (QED) is 0.854. The minimum Gasteiger partial charge on any atom is -0.491 e. The standard InChI is InChI=1S/C19H26N2O4/c1-14(22)21-10-2-5-18(21)19(23)20-12-15-6-8-16(9-7-15)25-13-17-4-3-11-24-17/h6-9,17-18H,2-5,10-13H2,1H3,(H,20,23)/t17-,18-/m1/s1. The normalized spacial score (nSPS) is 22.8. The Kier molecular flexibility index (Phi) is 5.91. The molecular weight excluding hydrogens is 320 g/mol. The first-order chi connectivity index (χ1) is 12.1. The molecule has 0 saturated carbocycles. The van der Waals surface area contributed by atoms with Crippen molar-refractivity contribution in [3.63, 3.8) is 0 Å². The second kappa shape index (κ2) is 8.34. The topological polar surface area (TPSA) is 67.9 Å². The lowest BCUT2D eigenvalue weighted by atomic mass is 10.2. The van der Waals surface area contributed by atoms with Crippen LogP contribution in [0.3, 0.4) is 0 Å². The van der Waals surface area contributed by atoms with Gasteiger partial charge < -0.3 is 19.7 Å². The fraction of sp³-hybridized carbons (Fsp3) is 0.579. The zero-order valence-electron chi connectivity index (χ0n) is 14.7. The molecule has 0 aromatic heterocycles. The molecule has 6 heteroatoms. The van der Waals surface area contributed by atoms with E-state index in [1.807, 2.05) is 24.3 Å². The van der Waals surface area contributed by atoms with Crippen molar-refractivity contribution in [2.24, 2.45) is 0 Å². The zero-order chi connectivity index (χ0) is 17.6. The number of benzene rings is 1. The van der Waals surface area contributed by atoms with Gasteiger partial charge in [-0.05, 0) is 43.4 Å². The monoisotopic (exact) mass is 346 g/mol. The number of amides is 2. The third-order valence-corrected chi connectivity index (χ3v) is 4.81. The molecule has 2 heterocycles. The molecule has 2 fully saturated rings. The maximum absolute atomic E-state index is 12.3. The van der Waals surface area contributed by atoms with Crippen LogP contribution in [0.4, 0.5) is 0 Å². The Bertz CT molecular complexity index is 596. The molecule has 2 saturated heterocycles. The molecule has 2 aliphatic rings. The van der Waals surface area contributed by atoms with E-state index in [0.29, 0.717) is 19.7 Å². The van der Waals surface area contributed by atoms with E-state index >= 15 is 0 Å². The van der Waals surface area contributed by atoms with Crippen LogP contribution in [-0.4, -0.2) is 48.6 Å². The van der Waals surface area contributed by atoms with Crippen molar-refractivity contribution in [3.8, 4) is 5.75 Å². The van der Waals surface area contributed by atoms with Gasteiger partial charge in [-0.2, -0.15) is 0 Å². The lowest BCUT2D eigenvalue weighted by Crippen LogP contribution is -2.44. The number of hydrogen-bond acceptors (Lipinski definition) is 4. The number of nitrogens with one attached hydrogen (secondary N) is 1. The van der Waals surface area contributed by atoms with Crippen LogP contribution >= 0.6 is 0 Å². The summed E-state index contributed by atoms with van der Waals surface area (Å²) < 4.78 is 11.3. The van der Waals surface area contributed by atoms with Gasteiger partial charge in [-0.3, -0.25) is 9.59 Å². The molecule has 1 aromatic carbocycles. The molecule has 2 amide bonds. The van der Waals surface area contributed by atoms with Crippen LogP contribution in [0.25, 0.3) is 0 Å². The van der Waals surface area contributed by atoms with Crippen LogP contribution in [0, 0.1) is 0 Å². The molecule has 25 heavy (non-hydrogen) atoms. The minimum atomic E-state index is -0.327. The van der Waals surface area contributed by atoms with Gasteiger partial charge in [0.1, 0.15) is 18.4 Å². The average Bonchev–Trinajstić information content (AvgIpc) is 3.30. The Morgan fingerprint density at radius 1 is 1.24 bits per heavy atom. The van der Waals surface area contributed by atoms with Gasteiger partial charge in [-0.1, -0.05) is 12.1 Å². The summed E-state index contributed by atoms with van der Waals surface area (Å²) in [5, 5.41) is 2.93. The summed E-state index contributed by atoms with van der Waals surface area (Å²) in [7, 11) is 0. The van der Waals surface area contributed by atoms with E-state index in [4.69, 9.17) is 9.47 Å². The highest BCUT2D eigenvalue weighted by Crippen LogP contribution is 2.18. The average molecular weight is 346 g/mol.